The van der Waals surface area contributed by atoms with Crippen molar-refractivity contribution < 1.29 is 61.7 Å². The predicted octanol–water partition coefficient (Wildman–Crippen LogP) is 4.54. The molecule has 1 aliphatic carbocycles. The van der Waals surface area contributed by atoms with Crippen LogP contribution in [0.25, 0.3) is 11.1 Å². The highest BCUT2D eigenvalue weighted by Crippen LogP contribution is 2.44. The number of amides is 2. The van der Waals surface area contributed by atoms with Crippen molar-refractivity contribution in [2.45, 2.75) is 32.3 Å². The van der Waals surface area contributed by atoms with Gasteiger partial charge < -0.3 is 62.3 Å². The second kappa shape index (κ2) is 28.9. The quantitative estimate of drug-likeness (QED) is 0.103. The fraction of sp³-hybridized carbons (Fsp3) is 0.659. The van der Waals surface area contributed by atoms with E-state index in [0.717, 1.165) is 0 Å². The van der Waals surface area contributed by atoms with Crippen LogP contribution >= 0.6 is 0 Å². The van der Waals surface area contributed by atoms with Crippen molar-refractivity contribution in [1.29, 1.82) is 0 Å². The lowest BCUT2D eigenvalue weighted by Gasteiger charge is -2.24. The molecule has 0 unspecified atom stereocenters. The standard InChI is InChI=1S/C41H64N2O13/c1-41(2,3)56-40(45)43(4)14-16-47-18-20-49-22-24-51-26-28-53-30-32-54-31-29-52-27-25-50-23-21-48-19-17-46-15-13-42-39(44)55-33-38-36-11-7-5-9-34(36)35-10-6-8-12-37(35)38/h5-12,38H,13-33H2,1-4H3,(H,42,44). The SMILES string of the molecule is CN(CCOCCOCCOCCOCCOCCOCCOCCOCCOCCNC(=O)OCC1c2ccccc2-c2ccccc21)C(=O)OC(C)(C)C. The summed E-state index contributed by atoms with van der Waals surface area (Å²) >= 11 is 0. The minimum atomic E-state index is -0.516. The number of hydrogen-bond donors (Lipinski definition) is 1. The third-order valence-corrected chi connectivity index (χ3v) is 8.11. The molecular weight excluding hydrogens is 728 g/mol. The van der Waals surface area contributed by atoms with E-state index in [1.54, 1.807) is 7.05 Å². The van der Waals surface area contributed by atoms with E-state index in [4.69, 9.17) is 52.1 Å². The Morgan fingerprint density at radius 1 is 0.554 bits per heavy atom. The third kappa shape index (κ3) is 20.7. The third-order valence-electron chi connectivity index (χ3n) is 8.11. The van der Waals surface area contributed by atoms with Gasteiger partial charge in [0.15, 0.2) is 0 Å². The zero-order chi connectivity index (χ0) is 40.1. The first-order chi connectivity index (χ1) is 27.3. The highest BCUT2D eigenvalue weighted by molar-refractivity contribution is 5.79. The second-order valence-electron chi connectivity index (χ2n) is 13.7. The summed E-state index contributed by atoms with van der Waals surface area (Å²) in [5, 5.41) is 2.74. The number of ether oxygens (including phenoxy) is 11. The van der Waals surface area contributed by atoms with Crippen molar-refractivity contribution in [3.05, 3.63) is 59.7 Å². The van der Waals surface area contributed by atoms with E-state index >= 15 is 0 Å². The van der Waals surface area contributed by atoms with E-state index in [9.17, 15) is 9.59 Å². The lowest BCUT2D eigenvalue weighted by molar-refractivity contribution is -0.0253. The summed E-state index contributed by atoms with van der Waals surface area (Å²) in [5.41, 5.74) is 4.25. The van der Waals surface area contributed by atoms with E-state index in [1.807, 2.05) is 45.0 Å². The first kappa shape index (κ1) is 47.0. The largest absolute Gasteiger partial charge is 0.449 e. The second-order valence-corrected chi connectivity index (χ2v) is 13.7. The van der Waals surface area contributed by atoms with Crippen LogP contribution in [0.2, 0.25) is 0 Å². The zero-order valence-corrected chi connectivity index (χ0v) is 33.8. The molecule has 2 amide bonds. The number of carbonyl (C=O) groups excluding carboxylic acids is 2. The Morgan fingerprint density at radius 2 is 0.911 bits per heavy atom. The van der Waals surface area contributed by atoms with Crippen molar-refractivity contribution in [2.75, 3.05) is 146 Å². The normalized spacial score (nSPS) is 12.4. The van der Waals surface area contributed by atoms with E-state index in [0.29, 0.717) is 132 Å². The molecule has 0 saturated heterocycles. The van der Waals surface area contributed by atoms with Crippen LogP contribution in [0.15, 0.2) is 48.5 Å². The number of benzene rings is 2. The van der Waals surface area contributed by atoms with Crippen molar-refractivity contribution in [3.8, 4) is 11.1 Å². The van der Waals surface area contributed by atoms with Gasteiger partial charge in [-0.1, -0.05) is 48.5 Å². The molecule has 0 fully saturated rings. The lowest BCUT2D eigenvalue weighted by atomic mass is 9.98. The molecule has 2 aromatic rings. The Hall–Kier alpha value is -3.38. The maximum Gasteiger partial charge on any atom is 0.410 e. The molecule has 15 heteroatoms. The predicted molar refractivity (Wildman–Crippen MR) is 209 cm³/mol. The maximum atomic E-state index is 12.2. The highest BCUT2D eigenvalue weighted by Gasteiger charge is 2.29. The van der Waals surface area contributed by atoms with E-state index in [-0.39, 0.29) is 18.6 Å². The Morgan fingerprint density at radius 3 is 1.30 bits per heavy atom. The van der Waals surface area contributed by atoms with Gasteiger partial charge in [-0.15, -0.1) is 0 Å². The molecule has 0 aliphatic heterocycles. The molecule has 56 heavy (non-hydrogen) atoms. The molecule has 1 N–H and O–H groups in total. The monoisotopic (exact) mass is 792 g/mol. The number of carbonyl (C=O) groups is 2. The molecule has 0 heterocycles. The number of rotatable bonds is 32. The summed E-state index contributed by atoms with van der Waals surface area (Å²) in [5.74, 6) is 0.0332. The van der Waals surface area contributed by atoms with Crippen molar-refractivity contribution in [2.24, 2.45) is 0 Å². The van der Waals surface area contributed by atoms with Crippen molar-refractivity contribution >= 4 is 12.2 Å². The smallest absolute Gasteiger partial charge is 0.410 e. The Bertz CT molecular complexity index is 1300. The van der Waals surface area contributed by atoms with Gasteiger partial charge in [-0.2, -0.15) is 0 Å². The summed E-state index contributed by atoms with van der Waals surface area (Å²) in [6.45, 7) is 14.8. The average Bonchev–Trinajstić information content (AvgIpc) is 3.50. The van der Waals surface area contributed by atoms with Crippen LogP contribution in [-0.4, -0.2) is 168 Å². The molecule has 1 aliphatic rings. The van der Waals surface area contributed by atoms with Crippen LogP contribution in [0.1, 0.15) is 37.8 Å². The maximum absolute atomic E-state index is 12.2. The molecule has 0 saturated carbocycles. The Balaban J connectivity index is 0.959. The van der Waals surface area contributed by atoms with Crippen LogP contribution in [0.3, 0.4) is 0 Å². The average molecular weight is 793 g/mol. The van der Waals surface area contributed by atoms with Gasteiger partial charge in [0.05, 0.1) is 119 Å². The van der Waals surface area contributed by atoms with Gasteiger partial charge in [0.2, 0.25) is 0 Å². The fourth-order valence-electron chi connectivity index (χ4n) is 5.37. The van der Waals surface area contributed by atoms with Crippen LogP contribution in [0.4, 0.5) is 9.59 Å². The van der Waals surface area contributed by atoms with Crippen LogP contribution in [-0.2, 0) is 52.1 Å². The number of likely N-dealkylation sites (N-methyl/N-ethyl adjacent to an activating group) is 1. The Labute approximate surface area is 332 Å². The van der Waals surface area contributed by atoms with Gasteiger partial charge in [-0.3, -0.25) is 0 Å². The van der Waals surface area contributed by atoms with Crippen LogP contribution < -0.4 is 5.32 Å². The van der Waals surface area contributed by atoms with E-state index < -0.39 is 11.7 Å². The molecule has 0 radical (unpaired) electrons. The first-order valence-electron chi connectivity index (χ1n) is 19.5. The molecule has 316 valence electrons. The fourth-order valence-corrected chi connectivity index (χ4v) is 5.37. The summed E-state index contributed by atoms with van der Waals surface area (Å²) in [6, 6.07) is 16.5. The minimum Gasteiger partial charge on any atom is -0.449 e. The van der Waals surface area contributed by atoms with Crippen LogP contribution in [0, 0.1) is 0 Å². The molecule has 0 aromatic heterocycles. The number of nitrogens with zero attached hydrogens (tertiary/aromatic N) is 1. The summed E-state index contributed by atoms with van der Waals surface area (Å²) in [7, 11) is 1.68. The Kier molecular flexibility index (Phi) is 24.3. The highest BCUT2D eigenvalue weighted by atomic mass is 16.6. The topological polar surface area (TPSA) is 151 Å². The molecule has 15 nitrogen and oxygen atoms in total. The van der Waals surface area contributed by atoms with Crippen molar-refractivity contribution in [3.63, 3.8) is 0 Å². The molecule has 3 rings (SSSR count). The molecule has 2 aromatic carbocycles. The molecule has 0 atom stereocenters. The van der Waals surface area contributed by atoms with Gasteiger partial charge in [0, 0.05) is 26.1 Å². The number of alkyl carbamates (subject to hydrolysis) is 1. The summed E-state index contributed by atoms with van der Waals surface area (Å²) in [4.78, 5) is 25.6. The molecular formula is C41H64N2O13. The van der Waals surface area contributed by atoms with Gasteiger partial charge in [-0.25, -0.2) is 9.59 Å². The van der Waals surface area contributed by atoms with Crippen LogP contribution in [0.5, 0.6) is 0 Å². The molecule has 0 spiro atoms. The summed E-state index contributed by atoms with van der Waals surface area (Å²) < 4.78 is 60.3. The minimum absolute atomic E-state index is 0.0332. The van der Waals surface area contributed by atoms with E-state index in [1.165, 1.54) is 27.2 Å². The molecule has 0 bridgehead atoms. The van der Waals surface area contributed by atoms with Gasteiger partial charge in [0.1, 0.15) is 12.2 Å². The van der Waals surface area contributed by atoms with Gasteiger partial charge in [0.25, 0.3) is 0 Å². The summed E-state index contributed by atoms with van der Waals surface area (Å²) in [6.07, 6.45) is -0.824. The number of nitrogens with one attached hydrogen (secondary N) is 1. The van der Waals surface area contributed by atoms with Gasteiger partial charge in [-0.05, 0) is 43.0 Å². The van der Waals surface area contributed by atoms with Gasteiger partial charge >= 0.3 is 12.2 Å². The zero-order valence-electron chi connectivity index (χ0n) is 33.8. The lowest BCUT2D eigenvalue weighted by Crippen LogP contribution is -2.36. The van der Waals surface area contributed by atoms with E-state index in [2.05, 4.69) is 29.6 Å². The number of fused-ring (bicyclic) bond motifs is 3. The first-order valence-corrected chi connectivity index (χ1v) is 19.5. The van der Waals surface area contributed by atoms with Crippen molar-refractivity contribution in [1.82, 2.24) is 10.2 Å². The number of hydrogen-bond acceptors (Lipinski definition) is 13.